The van der Waals surface area contributed by atoms with Gasteiger partial charge in [-0.1, -0.05) is 12.1 Å². The maximum atomic E-state index is 14.3. The van der Waals surface area contributed by atoms with Crippen LogP contribution in [0.5, 0.6) is 5.88 Å². The van der Waals surface area contributed by atoms with Crippen molar-refractivity contribution in [3.8, 4) is 11.6 Å². The van der Waals surface area contributed by atoms with E-state index < -0.39 is 30.5 Å². The second-order valence-corrected chi connectivity index (χ2v) is 10.6. The summed E-state index contributed by atoms with van der Waals surface area (Å²) in [4.78, 5) is 38.6. The minimum Gasteiger partial charge on any atom is -0.472 e. The van der Waals surface area contributed by atoms with Crippen LogP contribution in [0.15, 0.2) is 55.0 Å². The van der Waals surface area contributed by atoms with E-state index >= 15 is 0 Å². The zero-order valence-corrected chi connectivity index (χ0v) is 20.9. The highest BCUT2D eigenvalue weighted by Crippen LogP contribution is 2.61. The van der Waals surface area contributed by atoms with Gasteiger partial charge in [0.25, 0.3) is 5.91 Å². The molecule has 1 unspecified atom stereocenters. The van der Waals surface area contributed by atoms with Gasteiger partial charge < -0.3 is 24.5 Å². The zero-order chi connectivity index (χ0) is 27.0. The third kappa shape index (κ3) is 5.12. The number of halogens is 2. The number of hydrogen-bond donors (Lipinski definition) is 3. The summed E-state index contributed by atoms with van der Waals surface area (Å²) < 4.78 is 45.9. The number of aromatic nitrogens is 4. The van der Waals surface area contributed by atoms with Crippen LogP contribution in [0, 0.1) is 0 Å². The number of nitrogens with zero attached hydrogens (tertiary/aromatic N) is 5. The second kappa shape index (κ2) is 9.90. The van der Waals surface area contributed by atoms with Gasteiger partial charge in [-0.2, -0.15) is 23.8 Å². The number of pyridine rings is 1. The summed E-state index contributed by atoms with van der Waals surface area (Å²) >= 11 is 0. The van der Waals surface area contributed by atoms with Gasteiger partial charge in [0.2, 0.25) is 5.88 Å². The molecule has 0 radical (unpaired) electrons. The van der Waals surface area contributed by atoms with Gasteiger partial charge in [-0.15, -0.1) is 0 Å². The van der Waals surface area contributed by atoms with Gasteiger partial charge >= 0.3 is 13.3 Å². The van der Waals surface area contributed by atoms with Crippen LogP contribution in [0.2, 0.25) is 0 Å². The summed E-state index contributed by atoms with van der Waals surface area (Å²) in [5.41, 5.74) is -7.53. The number of benzene rings is 1. The van der Waals surface area contributed by atoms with Gasteiger partial charge in [0.05, 0.1) is 30.2 Å². The maximum Gasteiger partial charge on any atom is 0.398 e. The number of likely N-dealkylation sites (tertiary alicyclic amines) is 1. The lowest BCUT2D eigenvalue weighted by atomic mass is 9.97. The molecule has 0 spiro atoms. The molecule has 37 heavy (non-hydrogen) atoms. The predicted molar refractivity (Wildman–Crippen MR) is 126 cm³/mol. The first-order valence-electron chi connectivity index (χ1n) is 11.4. The minimum absolute atomic E-state index is 0.118. The fourth-order valence-electron chi connectivity index (χ4n) is 4.18. The lowest BCUT2D eigenvalue weighted by Gasteiger charge is -2.38. The molecule has 0 bridgehead atoms. The highest BCUT2D eigenvalue weighted by atomic mass is 31.2. The Balaban J connectivity index is 1.54. The Morgan fingerprint density at radius 3 is 2.49 bits per heavy atom. The van der Waals surface area contributed by atoms with E-state index in [9.17, 15) is 23.2 Å². The van der Waals surface area contributed by atoms with E-state index in [0.29, 0.717) is 31.0 Å². The fraction of sp³-hybridized carbons (Fsp3) is 0.391. The number of rotatable bonds is 7. The molecule has 0 saturated carbocycles. The molecule has 11 nitrogen and oxygen atoms in total. The number of para-hydroxylation sites is 1. The average molecular weight is 537 g/mol. The van der Waals surface area contributed by atoms with Crippen molar-refractivity contribution >= 4 is 13.5 Å². The van der Waals surface area contributed by atoms with Crippen LogP contribution >= 0.6 is 7.60 Å². The number of piperidine rings is 1. The number of hydrogen-bond acceptors (Lipinski definition) is 7. The van der Waals surface area contributed by atoms with Crippen LogP contribution < -0.4 is 4.74 Å². The van der Waals surface area contributed by atoms with Crippen LogP contribution in [-0.2, 0) is 10.2 Å². The normalized spacial score (nSPS) is 20.4. The number of alkyl halides is 2. The van der Waals surface area contributed by atoms with Crippen LogP contribution in [-0.4, -0.2) is 70.0 Å². The van der Waals surface area contributed by atoms with E-state index in [-0.39, 0.29) is 24.4 Å². The first kappa shape index (κ1) is 26.8. The largest absolute Gasteiger partial charge is 0.472 e. The average Bonchev–Trinajstić information content (AvgIpc) is 3.39. The highest BCUT2D eigenvalue weighted by Gasteiger charge is 2.63. The summed E-state index contributed by atoms with van der Waals surface area (Å²) in [5, 5.41) is 18.6. The lowest BCUT2D eigenvalue weighted by molar-refractivity contribution is -0.133. The smallest absolute Gasteiger partial charge is 0.398 e. The van der Waals surface area contributed by atoms with E-state index in [0.717, 1.165) is 18.3 Å². The second-order valence-electron chi connectivity index (χ2n) is 9.00. The van der Waals surface area contributed by atoms with Gasteiger partial charge in [0.15, 0.2) is 5.60 Å². The number of aliphatic hydroxyl groups is 1. The minimum atomic E-state index is -5.98. The Labute approximate surface area is 210 Å². The number of ether oxygens (including phenoxy) is 1. The van der Waals surface area contributed by atoms with Crippen molar-refractivity contribution in [3.05, 3.63) is 66.1 Å². The molecule has 1 aliphatic rings. The van der Waals surface area contributed by atoms with E-state index in [4.69, 9.17) is 14.5 Å². The van der Waals surface area contributed by atoms with Crippen LogP contribution in [0.25, 0.3) is 5.69 Å². The molecule has 0 aliphatic carbocycles. The Hall–Kier alpha value is -3.25. The molecule has 1 amide bonds. The number of carbonyl (C=O) groups excluding carboxylic acids is 1. The van der Waals surface area contributed by atoms with Crippen LogP contribution in [0.3, 0.4) is 0 Å². The molecule has 3 heterocycles. The fourth-order valence-corrected chi connectivity index (χ4v) is 4.88. The quantitative estimate of drug-likeness (QED) is 0.387. The molecule has 1 fully saturated rings. The van der Waals surface area contributed by atoms with Gasteiger partial charge in [-0.3, -0.25) is 9.36 Å². The van der Waals surface area contributed by atoms with Gasteiger partial charge in [-0.25, -0.2) is 4.98 Å². The molecule has 1 aliphatic heterocycles. The summed E-state index contributed by atoms with van der Waals surface area (Å²) in [6.45, 7) is 2.69. The number of amides is 1. The Morgan fingerprint density at radius 1 is 1.14 bits per heavy atom. The Kier molecular flexibility index (Phi) is 7.17. The van der Waals surface area contributed by atoms with Crippen molar-refractivity contribution in [3.63, 3.8) is 0 Å². The van der Waals surface area contributed by atoms with Gasteiger partial charge in [0, 0.05) is 18.3 Å². The van der Waals surface area contributed by atoms with E-state index in [1.807, 2.05) is 6.92 Å². The summed E-state index contributed by atoms with van der Waals surface area (Å²) in [5.74, 6) is -0.396. The molecule has 3 N–H and O–H groups in total. The maximum absolute atomic E-state index is 14.3. The third-order valence-corrected chi connectivity index (χ3v) is 7.57. The van der Waals surface area contributed by atoms with Gasteiger partial charge in [0.1, 0.15) is 6.10 Å². The molecule has 1 saturated heterocycles. The first-order chi connectivity index (χ1) is 17.3. The van der Waals surface area contributed by atoms with Crippen molar-refractivity contribution in [1.82, 2.24) is 24.9 Å². The molecule has 14 heteroatoms. The summed E-state index contributed by atoms with van der Waals surface area (Å²) in [6.07, 6.45) is 4.67. The topological polar surface area (TPSA) is 151 Å². The van der Waals surface area contributed by atoms with Crippen LogP contribution in [0.1, 0.15) is 42.6 Å². The van der Waals surface area contributed by atoms with Crippen molar-refractivity contribution in [2.75, 3.05) is 6.54 Å². The standard InChI is InChI=1S/C23H26F2N5O6P/c1-15-7-8-17(14-29(15)21(31)18-5-3-4-6-19(18)30-27-11-12-28-30)36-20-13-16(9-10-26-20)22(2,32)23(24,25)37(33,34)35/h3-6,9-13,15,17,32H,7-8,14H2,1-2H3,(H2,33,34,35)/t15-,17-,22?/m1/s1. The molecule has 3 aromatic rings. The Morgan fingerprint density at radius 2 is 1.81 bits per heavy atom. The van der Waals surface area contributed by atoms with Crippen molar-refractivity contribution in [2.45, 2.75) is 50.1 Å². The predicted octanol–water partition coefficient (Wildman–Crippen LogP) is 2.71. The SMILES string of the molecule is C[C@@H]1CC[C@@H](Oc2cc(C(C)(O)C(F)(F)P(=O)(O)O)ccn2)CN1C(=O)c1ccccc1-n1nccn1. The highest BCUT2D eigenvalue weighted by molar-refractivity contribution is 7.53. The molecule has 198 valence electrons. The van der Waals surface area contributed by atoms with Crippen molar-refractivity contribution < 1.29 is 37.8 Å². The molecular weight excluding hydrogens is 511 g/mol. The van der Waals surface area contributed by atoms with E-state index in [2.05, 4.69) is 15.2 Å². The summed E-state index contributed by atoms with van der Waals surface area (Å²) in [6, 6.07) is 8.81. The molecular formula is C23H26F2N5O6P. The van der Waals surface area contributed by atoms with Crippen molar-refractivity contribution in [2.24, 2.45) is 0 Å². The Bertz CT molecular complexity index is 1320. The molecule has 1 aromatic carbocycles. The van der Waals surface area contributed by atoms with Gasteiger partial charge in [-0.05, 0) is 50.5 Å². The van der Waals surface area contributed by atoms with Crippen LogP contribution in [0.4, 0.5) is 8.78 Å². The third-order valence-electron chi connectivity index (χ3n) is 6.40. The molecule has 2 aromatic heterocycles. The zero-order valence-electron chi connectivity index (χ0n) is 20.0. The number of carbonyl (C=O) groups is 1. The van der Waals surface area contributed by atoms with Crippen molar-refractivity contribution in [1.29, 1.82) is 0 Å². The van der Waals surface area contributed by atoms with E-state index in [1.54, 1.807) is 29.2 Å². The first-order valence-corrected chi connectivity index (χ1v) is 13.0. The lowest BCUT2D eigenvalue weighted by Crippen LogP contribution is -2.49. The monoisotopic (exact) mass is 537 g/mol. The molecule has 4 rings (SSSR count). The van der Waals surface area contributed by atoms with E-state index in [1.165, 1.54) is 17.2 Å². The summed E-state index contributed by atoms with van der Waals surface area (Å²) in [7, 11) is -5.98. The molecule has 3 atom stereocenters.